The minimum Gasteiger partial charge on any atom is -0.264 e. The fourth-order valence-electron chi connectivity index (χ4n) is 1.09. The number of aromatic nitrogens is 1. The van der Waals surface area contributed by atoms with Gasteiger partial charge >= 0.3 is 0 Å². The van der Waals surface area contributed by atoms with E-state index in [0.29, 0.717) is 0 Å². The SMILES string of the molecule is C/C(Br)=C\C(=C/CBr)c1cccnc1. The highest BCUT2D eigenvalue weighted by molar-refractivity contribution is 9.11. The molecule has 1 nitrogen and oxygen atoms in total. The van der Waals surface area contributed by atoms with E-state index in [9.17, 15) is 0 Å². The lowest BCUT2D eigenvalue weighted by Crippen LogP contribution is -1.83. The van der Waals surface area contributed by atoms with Gasteiger partial charge in [-0.15, -0.1) is 0 Å². The Balaban J connectivity index is 3.02. The minimum atomic E-state index is 0.841. The zero-order valence-corrected chi connectivity index (χ0v) is 11.0. The molecule has 0 bridgehead atoms. The number of nitrogens with zero attached hydrogens (tertiary/aromatic N) is 1. The molecule has 0 aliphatic rings. The predicted octanol–water partition coefficient (Wildman–Crippen LogP) is 4.16. The Kier molecular flexibility index (Phi) is 5.12. The minimum absolute atomic E-state index is 0.841. The van der Waals surface area contributed by atoms with Crippen LogP contribution in [0.25, 0.3) is 5.57 Å². The molecule has 0 atom stereocenters. The highest BCUT2D eigenvalue weighted by Crippen LogP contribution is 2.18. The van der Waals surface area contributed by atoms with Gasteiger partial charge in [-0.25, -0.2) is 0 Å². The van der Waals surface area contributed by atoms with Crippen LogP contribution in [0.5, 0.6) is 0 Å². The predicted molar refractivity (Wildman–Crippen MR) is 68.7 cm³/mol. The second-order valence-corrected chi connectivity index (χ2v) is 4.68. The third-order valence-electron chi connectivity index (χ3n) is 1.65. The van der Waals surface area contributed by atoms with Crippen LogP contribution in [0.3, 0.4) is 0 Å². The number of alkyl halides is 1. The Morgan fingerprint density at radius 2 is 2.36 bits per heavy atom. The Morgan fingerprint density at radius 1 is 1.57 bits per heavy atom. The van der Waals surface area contributed by atoms with Crippen LogP contribution in [0, 0.1) is 0 Å². The van der Waals surface area contributed by atoms with Crippen LogP contribution < -0.4 is 0 Å². The summed E-state index contributed by atoms with van der Waals surface area (Å²) in [6.45, 7) is 2.01. The lowest BCUT2D eigenvalue weighted by atomic mass is 10.1. The van der Waals surface area contributed by atoms with Crippen LogP contribution in [0.2, 0.25) is 0 Å². The molecule has 0 saturated carbocycles. The molecule has 0 aliphatic heterocycles. The van der Waals surface area contributed by atoms with Gasteiger partial charge in [-0.3, -0.25) is 4.98 Å². The molecule has 1 aromatic rings. The van der Waals surface area contributed by atoms with Gasteiger partial charge in [-0.1, -0.05) is 44.0 Å². The van der Waals surface area contributed by atoms with Gasteiger partial charge in [0, 0.05) is 17.7 Å². The molecule has 3 heteroatoms. The number of hydrogen-bond donors (Lipinski definition) is 0. The first-order valence-corrected chi connectivity index (χ1v) is 6.16. The summed E-state index contributed by atoms with van der Waals surface area (Å²) in [7, 11) is 0. The first-order valence-electron chi connectivity index (χ1n) is 4.24. The molecule has 0 spiro atoms. The highest BCUT2D eigenvalue weighted by atomic mass is 79.9. The van der Waals surface area contributed by atoms with Crippen LogP contribution in [-0.4, -0.2) is 10.3 Å². The Hall–Kier alpha value is -0.410. The Morgan fingerprint density at radius 3 is 2.86 bits per heavy atom. The molecular weight excluding hydrogens is 306 g/mol. The first kappa shape index (κ1) is 11.7. The van der Waals surface area contributed by atoms with Gasteiger partial charge in [0.05, 0.1) is 0 Å². The van der Waals surface area contributed by atoms with E-state index in [1.165, 1.54) is 5.57 Å². The molecule has 1 rings (SSSR count). The van der Waals surface area contributed by atoms with Gasteiger partial charge < -0.3 is 0 Å². The smallest absolute Gasteiger partial charge is 0.0346 e. The summed E-state index contributed by atoms with van der Waals surface area (Å²) in [6.07, 6.45) is 7.83. The molecule has 1 heterocycles. The molecule has 1 aromatic heterocycles. The first-order chi connectivity index (χ1) is 6.74. The van der Waals surface area contributed by atoms with Crippen molar-refractivity contribution in [3.63, 3.8) is 0 Å². The molecular formula is C11H11Br2N. The van der Waals surface area contributed by atoms with Crippen LogP contribution in [-0.2, 0) is 0 Å². The van der Waals surface area contributed by atoms with E-state index in [0.717, 1.165) is 15.4 Å². The van der Waals surface area contributed by atoms with Gasteiger partial charge in [0.25, 0.3) is 0 Å². The zero-order chi connectivity index (χ0) is 10.4. The van der Waals surface area contributed by atoms with E-state index >= 15 is 0 Å². The number of pyridine rings is 1. The van der Waals surface area contributed by atoms with Crippen LogP contribution in [0.15, 0.2) is 41.2 Å². The summed E-state index contributed by atoms with van der Waals surface area (Å²) in [5, 5.41) is 0.841. The average Bonchev–Trinajstić information content (AvgIpc) is 2.18. The van der Waals surface area contributed by atoms with Gasteiger partial charge in [0.2, 0.25) is 0 Å². The van der Waals surface area contributed by atoms with E-state index in [-0.39, 0.29) is 0 Å². The largest absolute Gasteiger partial charge is 0.264 e. The van der Waals surface area contributed by atoms with Crippen molar-refractivity contribution in [3.8, 4) is 0 Å². The van der Waals surface area contributed by atoms with E-state index in [2.05, 4.69) is 49.0 Å². The van der Waals surface area contributed by atoms with Crippen molar-refractivity contribution >= 4 is 37.4 Å². The maximum atomic E-state index is 4.09. The number of allylic oxidation sites excluding steroid dienone is 4. The maximum absolute atomic E-state index is 4.09. The standard InChI is InChI=1S/C11H11Br2N/c1-9(13)7-10(4-5-12)11-3-2-6-14-8-11/h2-4,6-8H,5H2,1H3/b9-7+,10-4+. The van der Waals surface area contributed by atoms with Gasteiger partial charge in [0.15, 0.2) is 0 Å². The molecule has 14 heavy (non-hydrogen) atoms. The summed E-state index contributed by atoms with van der Waals surface area (Å²) < 4.78 is 1.11. The maximum Gasteiger partial charge on any atom is 0.0346 e. The Bertz CT molecular complexity index is 338. The third-order valence-corrected chi connectivity index (χ3v) is 2.20. The van der Waals surface area contributed by atoms with Crippen molar-refractivity contribution in [1.29, 1.82) is 0 Å². The lowest BCUT2D eigenvalue weighted by molar-refractivity contribution is 1.31. The second kappa shape index (κ2) is 6.14. The second-order valence-electron chi connectivity index (χ2n) is 2.79. The van der Waals surface area contributed by atoms with Crippen LogP contribution in [0.1, 0.15) is 12.5 Å². The molecule has 0 radical (unpaired) electrons. The summed E-state index contributed by atoms with van der Waals surface area (Å²) in [4.78, 5) is 4.09. The molecule has 74 valence electrons. The summed E-state index contributed by atoms with van der Waals surface area (Å²) in [6, 6.07) is 3.99. The summed E-state index contributed by atoms with van der Waals surface area (Å²) >= 11 is 6.82. The van der Waals surface area contributed by atoms with Gasteiger partial charge in [0.1, 0.15) is 0 Å². The van der Waals surface area contributed by atoms with E-state index < -0.39 is 0 Å². The van der Waals surface area contributed by atoms with E-state index in [1.807, 2.05) is 25.3 Å². The molecule has 0 fully saturated rings. The quantitative estimate of drug-likeness (QED) is 0.603. The number of rotatable bonds is 3. The average molecular weight is 317 g/mol. The highest BCUT2D eigenvalue weighted by Gasteiger charge is 1.97. The van der Waals surface area contributed by atoms with Crippen molar-refractivity contribution in [3.05, 3.63) is 46.7 Å². The molecule has 0 unspecified atom stereocenters. The van der Waals surface area contributed by atoms with Crippen molar-refractivity contribution in [2.75, 3.05) is 5.33 Å². The summed E-state index contributed by atoms with van der Waals surface area (Å²) in [5.41, 5.74) is 2.30. The van der Waals surface area contributed by atoms with E-state index in [1.54, 1.807) is 6.20 Å². The molecule has 0 amide bonds. The van der Waals surface area contributed by atoms with E-state index in [4.69, 9.17) is 0 Å². The topological polar surface area (TPSA) is 12.9 Å². The lowest BCUT2D eigenvalue weighted by Gasteiger charge is -2.01. The van der Waals surface area contributed by atoms with Crippen molar-refractivity contribution in [2.45, 2.75) is 6.92 Å². The molecule has 0 aliphatic carbocycles. The molecule has 0 aromatic carbocycles. The monoisotopic (exact) mass is 315 g/mol. The van der Waals surface area contributed by atoms with Crippen molar-refractivity contribution < 1.29 is 0 Å². The third kappa shape index (κ3) is 3.76. The molecule has 0 N–H and O–H groups in total. The van der Waals surface area contributed by atoms with Gasteiger partial charge in [-0.05, 0) is 34.7 Å². The fourth-order valence-corrected chi connectivity index (χ4v) is 1.69. The molecule has 0 saturated heterocycles. The fraction of sp³-hybridized carbons (Fsp3) is 0.182. The summed E-state index contributed by atoms with van der Waals surface area (Å²) in [5.74, 6) is 0. The van der Waals surface area contributed by atoms with Crippen LogP contribution >= 0.6 is 31.9 Å². The number of halogens is 2. The zero-order valence-electron chi connectivity index (χ0n) is 7.87. The van der Waals surface area contributed by atoms with Crippen LogP contribution in [0.4, 0.5) is 0 Å². The van der Waals surface area contributed by atoms with Crippen molar-refractivity contribution in [2.24, 2.45) is 0 Å². The number of hydrogen-bond acceptors (Lipinski definition) is 1. The normalized spacial score (nSPS) is 13.1. The Labute approximate surface area is 101 Å². The van der Waals surface area contributed by atoms with Gasteiger partial charge in [-0.2, -0.15) is 0 Å². The van der Waals surface area contributed by atoms with Crippen molar-refractivity contribution in [1.82, 2.24) is 4.98 Å².